The molecule has 0 radical (unpaired) electrons. The highest BCUT2D eigenvalue weighted by Gasteiger charge is 1.98. The molecule has 1 rings (SSSR count). The minimum atomic E-state index is -0.429. The van der Waals surface area contributed by atoms with Crippen LogP contribution in [0.1, 0.15) is 6.92 Å². The molecule has 0 aliphatic carbocycles. The third-order valence-corrected chi connectivity index (χ3v) is 1.38. The fourth-order valence-corrected chi connectivity index (χ4v) is 0.790. The minimum Gasteiger partial charge on any atom is -0.404 e. The summed E-state index contributed by atoms with van der Waals surface area (Å²) in [5.41, 5.74) is 0. The van der Waals surface area contributed by atoms with Crippen molar-refractivity contribution in [2.45, 2.75) is 6.92 Å². The second-order valence-electron chi connectivity index (χ2n) is 2.47. The predicted octanol–water partition coefficient (Wildman–Crippen LogP) is 2.12. The molecule has 0 atom stereocenters. The number of carbonyl (C=O) groups is 1. The molecule has 1 heterocycles. The number of esters is 1. The molecule has 0 bridgehead atoms. The van der Waals surface area contributed by atoms with Gasteiger partial charge >= 0.3 is 5.97 Å². The molecule has 0 aliphatic heterocycles. The maximum atomic E-state index is 11.1. The van der Waals surface area contributed by atoms with E-state index in [1.807, 2.05) is 13.0 Å². The van der Waals surface area contributed by atoms with E-state index in [4.69, 9.17) is 4.74 Å². The van der Waals surface area contributed by atoms with Crippen LogP contribution in [0.15, 0.2) is 48.7 Å². The average molecular weight is 189 g/mol. The summed E-state index contributed by atoms with van der Waals surface area (Å²) < 4.78 is 4.89. The molecule has 3 heteroatoms. The third-order valence-electron chi connectivity index (χ3n) is 1.38. The van der Waals surface area contributed by atoms with Crippen LogP contribution in [0.5, 0.6) is 5.88 Å². The Hall–Kier alpha value is -1.90. The zero-order valence-electron chi connectivity index (χ0n) is 7.88. The molecule has 0 unspecified atom stereocenters. The van der Waals surface area contributed by atoms with E-state index in [-0.39, 0.29) is 0 Å². The molecule has 0 saturated heterocycles. The Morgan fingerprint density at radius 2 is 2.29 bits per heavy atom. The Balaban J connectivity index is 2.50. The number of nitrogens with zero attached hydrogens (tertiary/aromatic N) is 1. The fraction of sp³-hybridized carbons (Fsp3) is 0.0909. The third kappa shape index (κ3) is 3.67. The van der Waals surface area contributed by atoms with Crippen LogP contribution in [0, 0.1) is 0 Å². The van der Waals surface area contributed by atoms with Crippen LogP contribution < -0.4 is 4.74 Å². The summed E-state index contributed by atoms with van der Waals surface area (Å²) in [4.78, 5) is 15.0. The highest BCUT2D eigenvalue weighted by Crippen LogP contribution is 2.03. The van der Waals surface area contributed by atoms with Crippen LogP contribution in [-0.2, 0) is 4.79 Å². The van der Waals surface area contributed by atoms with E-state index in [0.717, 1.165) is 0 Å². The molecule has 3 nitrogen and oxygen atoms in total. The number of carbonyl (C=O) groups excluding carboxylic acids is 1. The second-order valence-corrected chi connectivity index (χ2v) is 2.47. The lowest BCUT2D eigenvalue weighted by Crippen LogP contribution is -2.04. The minimum absolute atomic E-state index is 0.308. The quantitative estimate of drug-likeness (QED) is 0.415. The van der Waals surface area contributed by atoms with Crippen molar-refractivity contribution in [3.8, 4) is 5.88 Å². The largest absolute Gasteiger partial charge is 0.404 e. The van der Waals surface area contributed by atoms with E-state index in [1.165, 1.54) is 6.08 Å². The smallest absolute Gasteiger partial charge is 0.337 e. The number of rotatable bonds is 3. The first-order valence-electron chi connectivity index (χ1n) is 4.25. The van der Waals surface area contributed by atoms with Crippen molar-refractivity contribution in [3.63, 3.8) is 0 Å². The van der Waals surface area contributed by atoms with Gasteiger partial charge in [0, 0.05) is 18.3 Å². The number of pyridine rings is 1. The van der Waals surface area contributed by atoms with Gasteiger partial charge in [0.15, 0.2) is 0 Å². The van der Waals surface area contributed by atoms with Crippen LogP contribution in [0.3, 0.4) is 0 Å². The molecule has 0 spiro atoms. The van der Waals surface area contributed by atoms with Crippen LogP contribution in [-0.4, -0.2) is 11.0 Å². The summed E-state index contributed by atoms with van der Waals surface area (Å²) in [6.07, 6.45) is 8.10. The number of hydrogen-bond acceptors (Lipinski definition) is 3. The van der Waals surface area contributed by atoms with Gasteiger partial charge in [0.05, 0.1) is 0 Å². The van der Waals surface area contributed by atoms with Gasteiger partial charge in [-0.2, -0.15) is 0 Å². The standard InChI is InChI=1S/C11H11NO2/c1-2-3-4-8-11(13)14-10-7-5-6-9-12-10/h2-9H,1H3/b3-2+,8-4+. The van der Waals surface area contributed by atoms with Crippen molar-refractivity contribution < 1.29 is 9.53 Å². The molecule has 0 N–H and O–H groups in total. The van der Waals surface area contributed by atoms with Gasteiger partial charge in [0.25, 0.3) is 0 Å². The first kappa shape index (κ1) is 10.2. The lowest BCUT2D eigenvalue weighted by molar-refractivity contribution is -0.129. The molecule has 72 valence electrons. The van der Waals surface area contributed by atoms with Crippen molar-refractivity contribution in [1.29, 1.82) is 0 Å². The highest BCUT2D eigenvalue weighted by atomic mass is 16.5. The summed E-state index contributed by atoms with van der Waals surface area (Å²) >= 11 is 0. The summed E-state index contributed by atoms with van der Waals surface area (Å²) in [6, 6.07) is 5.14. The van der Waals surface area contributed by atoms with E-state index in [2.05, 4.69) is 4.98 Å². The Morgan fingerprint density at radius 3 is 2.93 bits per heavy atom. The molecule has 0 amide bonds. The van der Waals surface area contributed by atoms with Gasteiger partial charge in [-0.1, -0.05) is 24.3 Å². The summed E-state index contributed by atoms with van der Waals surface area (Å²) in [5.74, 6) is -0.121. The Morgan fingerprint density at radius 1 is 1.43 bits per heavy atom. The Bertz CT molecular complexity index is 342. The van der Waals surface area contributed by atoms with E-state index in [0.29, 0.717) is 5.88 Å². The number of aromatic nitrogens is 1. The monoisotopic (exact) mass is 189 g/mol. The molecule has 0 fully saturated rings. The maximum absolute atomic E-state index is 11.1. The summed E-state index contributed by atoms with van der Waals surface area (Å²) in [6.45, 7) is 1.87. The van der Waals surface area contributed by atoms with Gasteiger partial charge in [-0.15, -0.1) is 0 Å². The molecular weight excluding hydrogens is 178 g/mol. The summed E-state index contributed by atoms with van der Waals surface area (Å²) in [7, 11) is 0. The van der Waals surface area contributed by atoms with Crippen LogP contribution in [0.25, 0.3) is 0 Å². The van der Waals surface area contributed by atoms with E-state index in [1.54, 1.807) is 36.5 Å². The zero-order chi connectivity index (χ0) is 10.2. The topological polar surface area (TPSA) is 39.2 Å². The summed E-state index contributed by atoms with van der Waals surface area (Å²) in [5, 5.41) is 0. The lowest BCUT2D eigenvalue weighted by Gasteiger charge is -1.97. The van der Waals surface area contributed by atoms with Crippen molar-refractivity contribution in [2.75, 3.05) is 0 Å². The number of ether oxygens (including phenoxy) is 1. The highest BCUT2D eigenvalue weighted by molar-refractivity contribution is 5.84. The fourth-order valence-electron chi connectivity index (χ4n) is 0.790. The Kier molecular flexibility index (Phi) is 4.14. The van der Waals surface area contributed by atoms with Gasteiger partial charge in [-0.25, -0.2) is 9.78 Å². The van der Waals surface area contributed by atoms with Crippen molar-refractivity contribution in [1.82, 2.24) is 4.98 Å². The molecule has 0 aliphatic rings. The van der Waals surface area contributed by atoms with Gasteiger partial charge in [-0.05, 0) is 13.0 Å². The van der Waals surface area contributed by atoms with Gasteiger partial charge < -0.3 is 4.74 Å². The molecule has 1 aromatic rings. The zero-order valence-corrected chi connectivity index (χ0v) is 7.88. The van der Waals surface area contributed by atoms with Gasteiger partial charge in [0.1, 0.15) is 0 Å². The predicted molar refractivity (Wildman–Crippen MR) is 53.8 cm³/mol. The first-order chi connectivity index (χ1) is 6.83. The molecular formula is C11H11NO2. The Labute approximate surface area is 82.7 Å². The van der Waals surface area contributed by atoms with Crippen LogP contribution in [0.2, 0.25) is 0 Å². The molecule has 0 aromatic carbocycles. The van der Waals surface area contributed by atoms with Crippen LogP contribution in [0.4, 0.5) is 0 Å². The lowest BCUT2D eigenvalue weighted by atomic mass is 10.4. The normalized spacial score (nSPS) is 10.9. The number of allylic oxidation sites excluding steroid dienone is 3. The molecule has 1 aromatic heterocycles. The molecule has 0 saturated carbocycles. The SMILES string of the molecule is C/C=C/C=C/C(=O)Oc1ccccn1. The van der Waals surface area contributed by atoms with Crippen molar-refractivity contribution >= 4 is 5.97 Å². The van der Waals surface area contributed by atoms with Crippen LogP contribution >= 0.6 is 0 Å². The second kappa shape index (κ2) is 5.70. The van der Waals surface area contributed by atoms with E-state index in [9.17, 15) is 4.79 Å². The van der Waals surface area contributed by atoms with Crippen molar-refractivity contribution in [3.05, 3.63) is 48.7 Å². The molecule has 14 heavy (non-hydrogen) atoms. The first-order valence-corrected chi connectivity index (χ1v) is 4.25. The number of hydrogen-bond donors (Lipinski definition) is 0. The average Bonchev–Trinajstić information content (AvgIpc) is 2.20. The van der Waals surface area contributed by atoms with E-state index >= 15 is 0 Å². The van der Waals surface area contributed by atoms with E-state index < -0.39 is 5.97 Å². The maximum Gasteiger partial charge on any atom is 0.337 e. The van der Waals surface area contributed by atoms with Crippen molar-refractivity contribution in [2.24, 2.45) is 0 Å². The van der Waals surface area contributed by atoms with Gasteiger partial charge in [-0.3, -0.25) is 0 Å². The van der Waals surface area contributed by atoms with Gasteiger partial charge in [0.2, 0.25) is 5.88 Å².